The SMILES string of the molecule is N#CCc1ccc(NCC2CCCN2)cc1. The third-order valence-corrected chi connectivity index (χ3v) is 2.95. The van der Waals surface area contributed by atoms with Crippen LogP contribution >= 0.6 is 0 Å². The molecule has 1 aromatic carbocycles. The van der Waals surface area contributed by atoms with E-state index in [2.05, 4.69) is 16.7 Å². The zero-order chi connectivity index (χ0) is 11.2. The fourth-order valence-corrected chi connectivity index (χ4v) is 2.00. The van der Waals surface area contributed by atoms with Gasteiger partial charge in [-0.3, -0.25) is 0 Å². The first-order chi connectivity index (χ1) is 7.88. The molecule has 0 bridgehead atoms. The van der Waals surface area contributed by atoms with Crippen LogP contribution in [0.5, 0.6) is 0 Å². The monoisotopic (exact) mass is 215 g/mol. The molecule has 1 heterocycles. The number of nitrogens with one attached hydrogen (secondary N) is 2. The van der Waals surface area contributed by atoms with Gasteiger partial charge in [-0.1, -0.05) is 12.1 Å². The number of nitriles is 1. The third kappa shape index (κ3) is 2.98. The van der Waals surface area contributed by atoms with Gasteiger partial charge in [0, 0.05) is 18.3 Å². The fraction of sp³-hybridized carbons (Fsp3) is 0.462. The summed E-state index contributed by atoms with van der Waals surface area (Å²) in [5, 5.41) is 15.4. The second-order valence-corrected chi connectivity index (χ2v) is 4.21. The van der Waals surface area contributed by atoms with Crippen LogP contribution in [0.2, 0.25) is 0 Å². The maximum atomic E-state index is 8.56. The van der Waals surface area contributed by atoms with Crippen LogP contribution in [0.25, 0.3) is 0 Å². The molecule has 1 saturated heterocycles. The minimum absolute atomic E-state index is 0.491. The topological polar surface area (TPSA) is 47.9 Å². The van der Waals surface area contributed by atoms with E-state index in [1.165, 1.54) is 12.8 Å². The highest BCUT2D eigenvalue weighted by Crippen LogP contribution is 2.11. The van der Waals surface area contributed by atoms with Crippen LogP contribution < -0.4 is 10.6 Å². The van der Waals surface area contributed by atoms with E-state index in [0.29, 0.717) is 12.5 Å². The summed E-state index contributed by atoms with van der Waals surface area (Å²) in [7, 11) is 0. The van der Waals surface area contributed by atoms with E-state index in [0.717, 1.165) is 24.3 Å². The van der Waals surface area contributed by atoms with Crippen molar-refractivity contribution >= 4 is 5.69 Å². The van der Waals surface area contributed by atoms with E-state index in [9.17, 15) is 0 Å². The molecule has 0 amide bonds. The van der Waals surface area contributed by atoms with Crippen LogP contribution in [0.1, 0.15) is 18.4 Å². The first kappa shape index (κ1) is 11.0. The Morgan fingerprint density at radius 3 is 2.81 bits per heavy atom. The Balaban J connectivity index is 1.82. The van der Waals surface area contributed by atoms with Crippen LogP contribution in [-0.2, 0) is 6.42 Å². The zero-order valence-corrected chi connectivity index (χ0v) is 9.37. The van der Waals surface area contributed by atoms with E-state index in [1.54, 1.807) is 0 Å². The molecule has 1 aromatic rings. The van der Waals surface area contributed by atoms with E-state index >= 15 is 0 Å². The molecule has 3 heteroatoms. The summed E-state index contributed by atoms with van der Waals surface area (Å²) in [6.07, 6.45) is 3.04. The molecule has 0 aromatic heterocycles. The molecule has 2 N–H and O–H groups in total. The summed E-state index contributed by atoms with van der Waals surface area (Å²) in [5.41, 5.74) is 2.21. The minimum atomic E-state index is 0.491. The number of hydrogen-bond acceptors (Lipinski definition) is 3. The van der Waals surface area contributed by atoms with Crippen LogP contribution in [-0.4, -0.2) is 19.1 Å². The molecule has 3 nitrogen and oxygen atoms in total. The van der Waals surface area contributed by atoms with Gasteiger partial charge < -0.3 is 10.6 Å². The first-order valence-corrected chi connectivity index (χ1v) is 5.81. The van der Waals surface area contributed by atoms with E-state index < -0.39 is 0 Å². The maximum absolute atomic E-state index is 8.56. The zero-order valence-electron chi connectivity index (χ0n) is 9.37. The molecule has 0 aliphatic carbocycles. The summed E-state index contributed by atoms with van der Waals surface area (Å²) < 4.78 is 0. The summed E-state index contributed by atoms with van der Waals surface area (Å²) in [4.78, 5) is 0. The van der Waals surface area contributed by atoms with Gasteiger partial charge in [0.1, 0.15) is 0 Å². The number of benzene rings is 1. The largest absolute Gasteiger partial charge is 0.383 e. The average Bonchev–Trinajstić information content (AvgIpc) is 2.82. The minimum Gasteiger partial charge on any atom is -0.383 e. The Bertz CT molecular complexity index is 358. The molecule has 0 saturated carbocycles. The van der Waals surface area contributed by atoms with Crippen molar-refractivity contribution in [2.24, 2.45) is 0 Å². The van der Waals surface area contributed by atoms with Crippen LogP contribution in [0, 0.1) is 11.3 Å². The Morgan fingerprint density at radius 2 is 2.19 bits per heavy atom. The van der Waals surface area contributed by atoms with Crippen molar-refractivity contribution in [2.45, 2.75) is 25.3 Å². The van der Waals surface area contributed by atoms with Gasteiger partial charge in [0.2, 0.25) is 0 Å². The second-order valence-electron chi connectivity index (χ2n) is 4.21. The van der Waals surface area contributed by atoms with E-state index in [1.807, 2.05) is 24.3 Å². The lowest BCUT2D eigenvalue weighted by atomic mass is 10.1. The Morgan fingerprint density at radius 1 is 1.38 bits per heavy atom. The van der Waals surface area contributed by atoms with Crippen molar-refractivity contribution < 1.29 is 0 Å². The predicted molar refractivity (Wildman–Crippen MR) is 65.3 cm³/mol. The van der Waals surface area contributed by atoms with Crippen molar-refractivity contribution in [3.63, 3.8) is 0 Å². The second kappa shape index (κ2) is 5.53. The third-order valence-electron chi connectivity index (χ3n) is 2.95. The molecule has 0 spiro atoms. The van der Waals surface area contributed by atoms with Crippen molar-refractivity contribution in [3.8, 4) is 6.07 Å². The van der Waals surface area contributed by atoms with Gasteiger partial charge in [0.25, 0.3) is 0 Å². The smallest absolute Gasteiger partial charge is 0.0669 e. The highest BCUT2D eigenvalue weighted by Gasteiger charge is 2.12. The van der Waals surface area contributed by atoms with Crippen LogP contribution in [0.4, 0.5) is 5.69 Å². The molecular formula is C13H17N3. The van der Waals surface area contributed by atoms with E-state index in [4.69, 9.17) is 5.26 Å². The van der Waals surface area contributed by atoms with Crippen molar-refractivity contribution in [1.29, 1.82) is 5.26 Å². The number of nitrogens with zero attached hydrogens (tertiary/aromatic N) is 1. The van der Waals surface area contributed by atoms with Gasteiger partial charge in [-0.25, -0.2) is 0 Å². The number of hydrogen-bond donors (Lipinski definition) is 2. The first-order valence-electron chi connectivity index (χ1n) is 5.81. The normalized spacial score (nSPS) is 19.3. The van der Waals surface area contributed by atoms with Gasteiger partial charge in [-0.2, -0.15) is 5.26 Å². The average molecular weight is 215 g/mol. The van der Waals surface area contributed by atoms with Crippen molar-refractivity contribution in [1.82, 2.24) is 5.32 Å². The van der Waals surface area contributed by atoms with Gasteiger partial charge in [0.15, 0.2) is 0 Å². The number of rotatable bonds is 4. The lowest BCUT2D eigenvalue weighted by Crippen LogP contribution is -2.29. The highest BCUT2D eigenvalue weighted by atomic mass is 15.0. The summed E-state index contributed by atoms with van der Waals surface area (Å²) in [6, 6.07) is 10.9. The van der Waals surface area contributed by atoms with E-state index in [-0.39, 0.29) is 0 Å². The molecule has 1 unspecified atom stereocenters. The molecule has 1 aliphatic rings. The Labute approximate surface area is 96.5 Å². The number of anilines is 1. The maximum Gasteiger partial charge on any atom is 0.0669 e. The van der Waals surface area contributed by atoms with Gasteiger partial charge in [-0.15, -0.1) is 0 Å². The quantitative estimate of drug-likeness (QED) is 0.806. The van der Waals surface area contributed by atoms with Gasteiger partial charge in [-0.05, 0) is 37.1 Å². The summed E-state index contributed by atoms with van der Waals surface area (Å²) in [5.74, 6) is 0. The summed E-state index contributed by atoms with van der Waals surface area (Å²) in [6.45, 7) is 2.13. The van der Waals surface area contributed by atoms with Gasteiger partial charge >= 0.3 is 0 Å². The molecule has 84 valence electrons. The predicted octanol–water partition coefficient (Wildman–Crippen LogP) is 1.92. The molecular weight excluding hydrogens is 198 g/mol. The lowest BCUT2D eigenvalue weighted by molar-refractivity contribution is 0.633. The molecule has 1 fully saturated rings. The Kier molecular flexibility index (Phi) is 3.79. The standard InChI is InChI=1S/C13H17N3/c14-8-7-11-3-5-12(6-4-11)16-10-13-2-1-9-15-13/h3-6,13,15-16H,1-2,7,9-10H2. The van der Waals surface area contributed by atoms with Crippen molar-refractivity contribution in [2.75, 3.05) is 18.4 Å². The molecule has 1 aliphatic heterocycles. The molecule has 1 atom stereocenters. The van der Waals surface area contributed by atoms with Crippen molar-refractivity contribution in [3.05, 3.63) is 29.8 Å². The fourth-order valence-electron chi connectivity index (χ4n) is 2.00. The van der Waals surface area contributed by atoms with Crippen LogP contribution in [0.15, 0.2) is 24.3 Å². The highest BCUT2D eigenvalue weighted by molar-refractivity contribution is 5.45. The molecule has 0 radical (unpaired) electrons. The molecule has 2 rings (SSSR count). The van der Waals surface area contributed by atoms with Gasteiger partial charge in [0.05, 0.1) is 12.5 Å². The summed E-state index contributed by atoms with van der Waals surface area (Å²) >= 11 is 0. The lowest BCUT2D eigenvalue weighted by Gasteiger charge is -2.12. The Hall–Kier alpha value is -1.53. The molecule has 16 heavy (non-hydrogen) atoms. The van der Waals surface area contributed by atoms with Crippen LogP contribution in [0.3, 0.4) is 0 Å².